The molecule has 14 heavy (non-hydrogen) atoms. The van der Waals surface area contributed by atoms with Crippen molar-refractivity contribution in [2.24, 2.45) is 0 Å². The van der Waals surface area contributed by atoms with Crippen molar-refractivity contribution in [3.63, 3.8) is 0 Å². The van der Waals surface area contributed by atoms with Crippen LogP contribution in [0.1, 0.15) is 12.5 Å². The maximum absolute atomic E-state index is 13.4. The van der Waals surface area contributed by atoms with Gasteiger partial charge in [-0.1, -0.05) is 6.92 Å². The molecule has 1 nitrogen and oxygen atoms in total. The molecule has 1 aromatic carbocycles. The second-order valence-electron chi connectivity index (χ2n) is 2.93. The van der Waals surface area contributed by atoms with Gasteiger partial charge < -0.3 is 5.32 Å². The van der Waals surface area contributed by atoms with Crippen molar-refractivity contribution in [1.29, 1.82) is 0 Å². The van der Waals surface area contributed by atoms with Gasteiger partial charge in [-0.25, -0.2) is 8.78 Å². The molecule has 0 amide bonds. The third-order valence-corrected chi connectivity index (χ3v) is 2.55. The Kier molecular flexibility index (Phi) is 4.48. The molecule has 0 bridgehead atoms. The second-order valence-corrected chi connectivity index (χ2v) is 3.78. The fraction of sp³-hybridized carbons (Fsp3) is 0.400. The average Bonchev–Trinajstić information content (AvgIpc) is 2.18. The summed E-state index contributed by atoms with van der Waals surface area (Å²) in [5, 5.41) is 3.02. The van der Waals surface area contributed by atoms with Crippen molar-refractivity contribution in [1.82, 2.24) is 5.32 Å². The lowest BCUT2D eigenvalue weighted by Crippen LogP contribution is -2.17. The van der Waals surface area contributed by atoms with Gasteiger partial charge in [-0.05, 0) is 47.6 Å². The third kappa shape index (κ3) is 2.75. The number of likely N-dealkylation sites (N-methyl/N-ethyl adjacent to an activating group) is 1. The SMILES string of the molecule is CCNCCc1c(F)ccc(Br)c1F. The van der Waals surface area contributed by atoms with Crippen LogP contribution in [0, 0.1) is 11.6 Å². The molecule has 1 rings (SSSR count). The topological polar surface area (TPSA) is 12.0 Å². The molecule has 0 aromatic heterocycles. The summed E-state index contributed by atoms with van der Waals surface area (Å²) in [5.74, 6) is -0.980. The molecule has 0 heterocycles. The molecule has 1 aromatic rings. The first-order valence-corrected chi connectivity index (χ1v) is 5.29. The quantitative estimate of drug-likeness (QED) is 0.651. The molecule has 0 saturated carbocycles. The van der Waals surface area contributed by atoms with Crippen LogP contribution >= 0.6 is 15.9 Å². The van der Waals surface area contributed by atoms with Gasteiger partial charge in [0.05, 0.1) is 4.47 Å². The Morgan fingerprint density at radius 2 is 2.07 bits per heavy atom. The van der Waals surface area contributed by atoms with E-state index < -0.39 is 11.6 Å². The van der Waals surface area contributed by atoms with E-state index in [4.69, 9.17) is 0 Å². The van der Waals surface area contributed by atoms with E-state index in [0.717, 1.165) is 6.54 Å². The van der Waals surface area contributed by atoms with E-state index in [1.54, 1.807) is 0 Å². The first-order valence-electron chi connectivity index (χ1n) is 4.50. The zero-order chi connectivity index (χ0) is 10.6. The van der Waals surface area contributed by atoms with Crippen molar-refractivity contribution in [2.45, 2.75) is 13.3 Å². The predicted octanol–water partition coefficient (Wildman–Crippen LogP) is 2.88. The largest absolute Gasteiger partial charge is 0.317 e. The lowest BCUT2D eigenvalue weighted by molar-refractivity contribution is 0.544. The number of rotatable bonds is 4. The van der Waals surface area contributed by atoms with Crippen LogP contribution in [0.25, 0.3) is 0 Å². The summed E-state index contributed by atoms with van der Waals surface area (Å²) in [7, 11) is 0. The van der Waals surface area contributed by atoms with Gasteiger partial charge in [0, 0.05) is 5.56 Å². The minimum Gasteiger partial charge on any atom is -0.317 e. The van der Waals surface area contributed by atoms with Crippen molar-refractivity contribution in [3.8, 4) is 0 Å². The van der Waals surface area contributed by atoms with Crippen molar-refractivity contribution >= 4 is 15.9 Å². The summed E-state index contributed by atoms with van der Waals surface area (Å²) < 4.78 is 26.9. The Hall–Kier alpha value is -0.480. The molecule has 78 valence electrons. The van der Waals surface area contributed by atoms with E-state index in [1.807, 2.05) is 6.92 Å². The Balaban J connectivity index is 2.79. The average molecular weight is 264 g/mol. The van der Waals surface area contributed by atoms with E-state index in [9.17, 15) is 8.78 Å². The van der Waals surface area contributed by atoms with Gasteiger partial charge in [-0.2, -0.15) is 0 Å². The molecule has 0 fully saturated rings. The highest BCUT2D eigenvalue weighted by atomic mass is 79.9. The summed E-state index contributed by atoms with van der Waals surface area (Å²) in [6.45, 7) is 3.34. The highest BCUT2D eigenvalue weighted by Crippen LogP contribution is 2.21. The van der Waals surface area contributed by atoms with Crippen molar-refractivity contribution in [2.75, 3.05) is 13.1 Å². The van der Waals surface area contributed by atoms with E-state index in [1.165, 1.54) is 12.1 Å². The zero-order valence-electron chi connectivity index (χ0n) is 7.91. The fourth-order valence-corrected chi connectivity index (χ4v) is 1.56. The Morgan fingerprint density at radius 3 is 2.71 bits per heavy atom. The van der Waals surface area contributed by atoms with Crippen LogP contribution < -0.4 is 5.32 Å². The first kappa shape index (κ1) is 11.6. The van der Waals surface area contributed by atoms with E-state index in [0.29, 0.717) is 17.4 Å². The van der Waals surface area contributed by atoms with Crippen molar-refractivity contribution < 1.29 is 8.78 Å². The molecule has 0 atom stereocenters. The first-order chi connectivity index (χ1) is 6.66. The molecule has 0 unspecified atom stereocenters. The minimum absolute atomic E-state index is 0.139. The van der Waals surface area contributed by atoms with Crippen molar-refractivity contribution in [3.05, 3.63) is 33.8 Å². The summed E-state index contributed by atoms with van der Waals surface area (Å²) >= 11 is 3.03. The van der Waals surface area contributed by atoms with Gasteiger partial charge in [0.15, 0.2) is 0 Å². The number of nitrogens with one attached hydrogen (secondary N) is 1. The monoisotopic (exact) mass is 263 g/mol. The van der Waals surface area contributed by atoms with Gasteiger partial charge in [-0.15, -0.1) is 0 Å². The molecule has 0 aliphatic heterocycles. The maximum atomic E-state index is 13.4. The maximum Gasteiger partial charge on any atom is 0.143 e. The second kappa shape index (κ2) is 5.41. The summed E-state index contributed by atoms with van der Waals surface area (Å²) in [4.78, 5) is 0. The zero-order valence-corrected chi connectivity index (χ0v) is 9.50. The highest BCUT2D eigenvalue weighted by Gasteiger charge is 2.11. The Bertz CT molecular complexity index is 315. The van der Waals surface area contributed by atoms with E-state index in [-0.39, 0.29) is 5.56 Å². The van der Waals surface area contributed by atoms with Gasteiger partial charge in [-0.3, -0.25) is 0 Å². The van der Waals surface area contributed by atoms with Crippen LogP contribution in [0.5, 0.6) is 0 Å². The molecule has 0 spiro atoms. The van der Waals surface area contributed by atoms with E-state index >= 15 is 0 Å². The molecular formula is C10H12BrF2N. The number of hydrogen-bond donors (Lipinski definition) is 1. The molecular weight excluding hydrogens is 252 g/mol. The van der Waals surface area contributed by atoms with Gasteiger partial charge in [0.2, 0.25) is 0 Å². The van der Waals surface area contributed by atoms with Crippen LogP contribution in [0.2, 0.25) is 0 Å². The molecule has 0 radical (unpaired) electrons. The standard InChI is InChI=1S/C10H12BrF2N/c1-2-14-6-5-7-9(12)4-3-8(11)10(7)13/h3-4,14H,2,5-6H2,1H3. The summed E-state index contributed by atoms with van der Waals surface area (Å²) in [5.41, 5.74) is 0.139. The predicted molar refractivity (Wildman–Crippen MR) is 56.3 cm³/mol. The summed E-state index contributed by atoms with van der Waals surface area (Å²) in [6, 6.07) is 2.65. The lowest BCUT2D eigenvalue weighted by Gasteiger charge is -2.06. The van der Waals surface area contributed by atoms with Crippen LogP contribution in [0.4, 0.5) is 8.78 Å². The molecule has 0 aliphatic rings. The third-order valence-electron chi connectivity index (χ3n) is 1.94. The number of halogens is 3. The van der Waals surface area contributed by atoms with Crippen LogP contribution in [-0.4, -0.2) is 13.1 Å². The molecule has 0 aliphatic carbocycles. The smallest absolute Gasteiger partial charge is 0.143 e. The number of hydrogen-bond acceptors (Lipinski definition) is 1. The Labute approximate surface area is 90.6 Å². The highest BCUT2D eigenvalue weighted by molar-refractivity contribution is 9.10. The Morgan fingerprint density at radius 1 is 1.36 bits per heavy atom. The number of benzene rings is 1. The normalized spacial score (nSPS) is 10.6. The minimum atomic E-state index is -0.497. The van der Waals surface area contributed by atoms with Gasteiger partial charge in [0.25, 0.3) is 0 Å². The molecule has 4 heteroatoms. The van der Waals surface area contributed by atoms with Crippen LogP contribution in [0.3, 0.4) is 0 Å². The molecule has 0 saturated heterocycles. The molecule has 1 N–H and O–H groups in total. The summed E-state index contributed by atoms with van der Waals surface area (Å²) in [6.07, 6.45) is 0.366. The van der Waals surface area contributed by atoms with Crippen LogP contribution in [-0.2, 0) is 6.42 Å². The fourth-order valence-electron chi connectivity index (χ4n) is 1.19. The van der Waals surface area contributed by atoms with E-state index in [2.05, 4.69) is 21.2 Å². The lowest BCUT2D eigenvalue weighted by atomic mass is 10.1. The van der Waals surface area contributed by atoms with Gasteiger partial charge in [0.1, 0.15) is 11.6 Å². The van der Waals surface area contributed by atoms with Crippen LogP contribution in [0.15, 0.2) is 16.6 Å². The van der Waals surface area contributed by atoms with Gasteiger partial charge >= 0.3 is 0 Å².